The Balaban J connectivity index is 1.74. The van der Waals surface area contributed by atoms with Gasteiger partial charge >= 0.3 is 0 Å². The van der Waals surface area contributed by atoms with Crippen LogP contribution in [0.3, 0.4) is 0 Å². The minimum atomic E-state index is -0.891. The minimum absolute atomic E-state index is 0.0848. The fourth-order valence-electron chi connectivity index (χ4n) is 4.22. The topological polar surface area (TPSA) is 74.4 Å². The summed E-state index contributed by atoms with van der Waals surface area (Å²) in [6, 6.07) is 25.8. The SMILES string of the molecule is COc1ccc(CC(=O)N(CC#Cc2ccccc2)C(C(=O)NC(C)(C)C)c2cc3ccccc3[nH]2)cc1. The fraction of sp³-hybridized carbons (Fsp3) is 0.250. The van der Waals surface area contributed by atoms with Crippen molar-refractivity contribution in [2.75, 3.05) is 13.7 Å². The molecule has 4 aromatic rings. The van der Waals surface area contributed by atoms with E-state index >= 15 is 0 Å². The molecule has 0 fully saturated rings. The zero-order chi connectivity index (χ0) is 27.1. The molecule has 1 aromatic heterocycles. The first-order valence-corrected chi connectivity index (χ1v) is 12.6. The first-order chi connectivity index (χ1) is 18.2. The number of para-hydroxylation sites is 1. The highest BCUT2D eigenvalue weighted by Gasteiger charge is 2.34. The summed E-state index contributed by atoms with van der Waals surface area (Å²) in [5, 5.41) is 4.03. The largest absolute Gasteiger partial charge is 0.497 e. The van der Waals surface area contributed by atoms with Crippen LogP contribution in [0.4, 0.5) is 0 Å². The van der Waals surface area contributed by atoms with E-state index in [2.05, 4.69) is 22.1 Å². The van der Waals surface area contributed by atoms with Crippen molar-refractivity contribution in [1.82, 2.24) is 15.2 Å². The maximum absolute atomic E-state index is 13.8. The molecule has 0 aliphatic heterocycles. The quantitative estimate of drug-likeness (QED) is 0.335. The van der Waals surface area contributed by atoms with Crippen LogP contribution < -0.4 is 10.1 Å². The van der Waals surface area contributed by atoms with Crippen LogP contribution in [0.1, 0.15) is 43.6 Å². The smallest absolute Gasteiger partial charge is 0.249 e. The number of ether oxygens (including phenoxy) is 1. The van der Waals surface area contributed by atoms with Gasteiger partial charge in [-0.1, -0.05) is 60.4 Å². The summed E-state index contributed by atoms with van der Waals surface area (Å²) in [6.45, 7) is 5.85. The molecule has 38 heavy (non-hydrogen) atoms. The molecular formula is C32H33N3O3. The molecule has 2 amide bonds. The van der Waals surface area contributed by atoms with Crippen LogP contribution in [0.5, 0.6) is 5.75 Å². The molecule has 6 heteroatoms. The lowest BCUT2D eigenvalue weighted by Gasteiger charge is -2.32. The van der Waals surface area contributed by atoms with Gasteiger partial charge in [0, 0.05) is 22.3 Å². The number of aromatic nitrogens is 1. The van der Waals surface area contributed by atoms with Crippen LogP contribution in [-0.2, 0) is 16.0 Å². The number of nitrogens with zero attached hydrogens (tertiary/aromatic N) is 1. The number of hydrogen-bond donors (Lipinski definition) is 2. The molecular weight excluding hydrogens is 474 g/mol. The second-order valence-electron chi connectivity index (χ2n) is 10.2. The van der Waals surface area contributed by atoms with Gasteiger partial charge in [0.25, 0.3) is 0 Å². The third kappa shape index (κ3) is 6.83. The van der Waals surface area contributed by atoms with Gasteiger partial charge in [-0.3, -0.25) is 9.59 Å². The van der Waals surface area contributed by atoms with Crippen molar-refractivity contribution >= 4 is 22.7 Å². The molecule has 2 N–H and O–H groups in total. The van der Waals surface area contributed by atoms with Crippen LogP contribution in [0.25, 0.3) is 10.9 Å². The van der Waals surface area contributed by atoms with Gasteiger partial charge in [0.05, 0.1) is 20.1 Å². The number of carbonyl (C=O) groups excluding carboxylic acids is 2. The molecule has 3 aromatic carbocycles. The van der Waals surface area contributed by atoms with Crippen LogP contribution in [-0.4, -0.2) is 40.9 Å². The first kappa shape index (κ1) is 26.6. The normalized spacial score (nSPS) is 11.8. The third-order valence-electron chi connectivity index (χ3n) is 5.99. The van der Waals surface area contributed by atoms with Crippen molar-refractivity contribution in [3.8, 4) is 17.6 Å². The monoisotopic (exact) mass is 507 g/mol. The molecule has 1 unspecified atom stereocenters. The van der Waals surface area contributed by atoms with E-state index in [9.17, 15) is 9.59 Å². The Morgan fingerprint density at radius 3 is 2.32 bits per heavy atom. The highest BCUT2D eigenvalue weighted by atomic mass is 16.5. The zero-order valence-corrected chi connectivity index (χ0v) is 22.2. The Kier molecular flexibility index (Phi) is 8.18. The third-order valence-corrected chi connectivity index (χ3v) is 5.99. The molecule has 1 heterocycles. The maximum atomic E-state index is 13.8. The number of amides is 2. The molecule has 0 aliphatic carbocycles. The lowest BCUT2D eigenvalue weighted by Crippen LogP contribution is -2.49. The van der Waals surface area contributed by atoms with E-state index in [0.717, 1.165) is 22.0 Å². The highest BCUT2D eigenvalue weighted by Crippen LogP contribution is 2.27. The summed E-state index contributed by atoms with van der Waals surface area (Å²) in [4.78, 5) is 32.5. The molecule has 0 saturated heterocycles. The average molecular weight is 508 g/mol. The number of rotatable bonds is 7. The van der Waals surface area contributed by atoms with E-state index in [4.69, 9.17) is 4.74 Å². The van der Waals surface area contributed by atoms with Crippen LogP contribution in [0.15, 0.2) is 84.9 Å². The lowest BCUT2D eigenvalue weighted by molar-refractivity contribution is -0.140. The second-order valence-corrected chi connectivity index (χ2v) is 10.2. The molecule has 0 bridgehead atoms. The Labute approximate surface area is 224 Å². The van der Waals surface area contributed by atoms with E-state index < -0.39 is 11.6 Å². The second kappa shape index (κ2) is 11.7. The zero-order valence-electron chi connectivity index (χ0n) is 22.2. The Morgan fingerprint density at radius 2 is 1.66 bits per heavy atom. The van der Waals surface area contributed by atoms with Crippen molar-refractivity contribution in [1.29, 1.82) is 0 Å². The van der Waals surface area contributed by atoms with Gasteiger partial charge in [-0.2, -0.15) is 0 Å². The number of fused-ring (bicyclic) bond motifs is 1. The summed E-state index contributed by atoms with van der Waals surface area (Å²) < 4.78 is 5.25. The van der Waals surface area contributed by atoms with Gasteiger partial charge in [0.15, 0.2) is 6.04 Å². The fourth-order valence-corrected chi connectivity index (χ4v) is 4.22. The lowest BCUT2D eigenvalue weighted by atomic mass is 10.0. The van der Waals surface area contributed by atoms with Crippen molar-refractivity contribution < 1.29 is 14.3 Å². The first-order valence-electron chi connectivity index (χ1n) is 12.6. The average Bonchev–Trinajstić information content (AvgIpc) is 3.31. The van der Waals surface area contributed by atoms with E-state index in [-0.39, 0.29) is 24.8 Å². The number of benzene rings is 3. The Morgan fingerprint density at radius 1 is 0.974 bits per heavy atom. The van der Waals surface area contributed by atoms with Gasteiger partial charge in [0.1, 0.15) is 5.75 Å². The standard InChI is InChI=1S/C32H33N3O3/c1-32(2,3)34-31(37)30(28-22-25-14-8-9-15-27(25)33-28)35(20-10-13-23-11-6-5-7-12-23)29(36)21-24-16-18-26(38-4)19-17-24/h5-9,11-12,14-19,22,30,33H,20-21H2,1-4H3,(H,34,37). The highest BCUT2D eigenvalue weighted by molar-refractivity contribution is 5.91. The minimum Gasteiger partial charge on any atom is -0.497 e. The van der Waals surface area contributed by atoms with E-state index in [1.54, 1.807) is 12.0 Å². The van der Waals surface area contributed by atoms with Crippen molar-refractivity contribution in [2.24, 2.45) is 0 Å². The van der Waals surface area contributed by atoms with Crippen LogP contribution in [0, 0.1) is 11.8 Å². The van der Waals surface area contributed by atoms with Crippen molar-refractivity contribution in [3.05, 3.63) is 102 Å². The molecule has 4 rings (SSSR count). The number of nitrogens with one attached hydrogen (secondary N) is 2. The molecule has 194 valence electrons. The number of aromatic amines is 1. The van der Waals surface area contributed by atoms with Crippen molar-refractivity contribution in [2.45, 2.75) is 38.8 Å². The van der Waals surface area contributed by atoms with Gasteiger partial charge in [0.2, 0.25) is 11.8 Å². The van der Waals surface area contributed by atoms with E-state index in [1.807, 2.05) is 106 Å². The molecule has 6 nitrogen and oxygen atoms in total. The molecule has 1 atom stereocenters. The predicted molar refractivity (Wildman–Crippen MR) is 151 cm³/mol. The number of hydrogen-bond acceptors (Lipinski definition) is 3. The molecule has 0 radical (unpaired) electrons. The van der Waals surface area contributed by atoms with Gasteiger partial charge in [-0.25, -0.2) is 0 Å². The number of methoxy groups -OCH3 is 1. The summed E-state index contributed by atoms with van der Waals surface area (Å²) in [7, 11) is 1.60. The molecule has 0 spiro atoms. The van der Waals surface area contributed by atoms with Crippen LogP contribution in [0.2, 0.25) is 0 Å². The number of carbonyl (C=O) groups is 2. The van der Waals surface area contributed by atoms with Crippen molar-refractivity contribution in [3.63, 3.8) is 0 Å². The van der Waals surface area contributed by atoms with E-state index in [1.165, 1.54) is 0 Å². The van der Waals surface area contributed by atoms with Crippen LogP contribution >= 0.6 is 0 Å². The van der Waals surface area contributed by atoms with E-state index in [0.29, 0.717) is 11.4 Å². The molecule has 0 aliphatic rings. The van der Waals surface area contributed by atoms with Gasteiger partial charge in [-0.05, 0) is 68.1 Å². The molecule has 0 saturated carbocycles. The van der Waals surface area contributed by atoms with Gasteiger partial charge < -0.3 is 19.9 Å². The van der Waals surface area contributed by atoms with Gasteiger partial charge in [-0.15, -0.1) is 0 Å². The summed E-state index contributed by atoms with van der Waals surface area (Å²) >= 11 is 0. The predicted octanol–water partition coefficient (Wildman–Crippen LogP) is 5.26. The Hall–Kier alpha value is -4.50. The Bertz CT molecular complexity index is 1420. The summed E-state index contributed by atoms with van der Waals surface area (Å²) in [5.41, 5.74) is 2.72. The maximum Gasteiger partial charge on any atom is 0.249 e. The summed E-state index contributed by atoms with van der Waals surface area (Å²) in [6.07, 6.45) is 0.122. The number of H-pyrrole nitrogens is 1. The summed E-state index contributed by atoms with van der Waals surface area (Å²) in [5.74, 6) is 6.50.